The van der Waals surface area contributed by atoms with Crippen LogP contribution in [0.15, 0.2) is 16.9 Å². The maximum atomic E-state index is 12.6. The molecule has 24 heavy (non-hydrogen) atoms. The first-order chi connectivity index (χ1) is 11.6. The highest BCUT2D eigenvalue weighted by Gasteiger charge is 2.33. The van der Waals surface area contributed by atoms with Crippen LogP contribution in [0.25, 0.3) is 0 Å². The van der Waals surface area contributed by atoms with Crippen LogP contribution < -0.4 is 0 Å². The van der Waals surface area contributed by atoms with Crippen molar-refractivity contribution in [3.63, 3.8) is 0 Å². The van der Waals surface area contributed by atoms with Crippen LogP contribution in [0.3, 0.4) is 0 Å². The van der Waals surface area contributed by atoms with Crippen LogP contribution >= 0.6 is 0 Å². The predicted molar refractivity (Wildman–Crippen MR) is 88.3 cm³/mol. The van der Waals surface area contributed by atoms with E-state index in [0.29, 0.717) is 18.1 Å². The summed E-state index contributed by atoms with van der Waals surface area (Å²) in [5.41, 5.74) is 0. The number of nitrogens with zero attached hydrogens (tertiary/aromatic N) is 5. The van der Waals surface area contributed by atoms with Gasteiger partial charge in [-0.1, -0.05) is 19.0 Å². The zero-order valence-corrected chi connectivity index (χ0v) is 14.6. The van der Waals surface area contributed by atoms with Gasteiger partial charge in [-0.05, 0) is 26.2 Å². The van der Waals surface area contributed by atoms with Gasteiger partial charge in [-0.3, -0.25) is 4.79 Å². The molecule has 0 bridgehead atoms. The topological polar surface area (TPSA) is 77.1 Å². The van der Waals surface area contributed by atoms with Crippen LogP contribution in [0.4, 0.5) is 0 Å². The van der Waals surface area contributed by atoms with Gasteiger partial charge in [-0.15, -0.1) is 0 Å². The molecule has 1 fully saturated rings. The van der Waals surface area contributed by atoms with Crippen molar-refractivity contribution < 1.29 is 9.32 Å². The molecule has 2 aromatic rings. The van der Waals surface area contributed by atoms with Crippen molar-refractivity contribution in [1.82, 2.24) is 24.6 Å². The van der Waals surface area contributed by atoms with Gasteiger partial charge in [0.1, 0.15) is 11.9 Å². The molecule has 1 aliphatic rings. The number of rotatable bonds is 6. The van der Waals surface area contributed by atoms with E-state index in [1.165, 1.54) is 0 Å². The molecule has 0 N–H and O–H groups in total. The maximum absolute atomic E-state index is 12.6. The second-order valence-electron chi connectivity index (χ2n) is 6.66. The standard InChI is InChI=1S/C17H25N5O2/c1-12(2)16-19-17(24-20-16)14-6-4-10-22(14)15(23)7-5-9-21-11-8-18-13(21)3/h8,11-12,14H,4-7,9-10H2,1-3H3. The summed E-state index contributed by atoms with van der Waals surface area (Å²) in [4.78, 5) is 23.2. The van der Waals surface area contributed by atoms with Gasteiger partial charge in [-0.2, -0.15) is 4.98 Å². The number of carbonyl (C=O) groups excluding carboxylic acids is 1. The fraction of sp³-hybridized carbons (Fsp3) is 0.647. The molecule has 1 atom stereocenters. The van der Waals surface area contributed by atoms with Crippen LogP contribution in [0.2, 0.25) is 0 Å². The van der Waals surface area contributed by atoms with Gasteiger partial charge < -0.3 is 14.0 Å². The average Bonchev–Trinajstić information content (AvgIpc) is 3.26. The second-order valence-corrected chi connectivity index (χ2v) is 6.66. The maximum Gasteiger partial charge on any atom is 0.249 e. The Morgan fingerprint density at radius 1 is 1.46 bits per heavy atom. The number of imidazole rings is 1. The van der Waals surface area contributed by atoms with E-state index in [1.54, 1.807) is 6.20 Å². The first-order valence-corrected chi connectivity index (χ1v) is 8.67. The third-order valence-electron chi connectivity index (χ3n) is 4.55. The van der Waals surface area contributed by atoms with E-state index in [-0.39, 0.29) is 17.9 Å². The van der Waals surface area contributed by atoms with Crippen molar-refractivity contribution in [1.29, 1.82) is 0 Å². The monoisotopic (exact) mass is 331 g/mol. The van der Waals surface area contributed by atoms with Gasteiger partial charge in [0.25, 0.3) is 0 Å². The first kappa shape index (κ1) is 16.7. The van der Waals surface area contributed by atoms with Gasteiger partial charge in [-0.25, -0.2) is 4.98 Å². The van der Waals surface area contributed by atoms with E-state index in [2.05, 4.69) is 19.7 Å². The van der Waals surface area contributed by atoms with Gasteiger partial charge in [0, 0.05) is 37.8 Å². The average molecular weight is 331 g/mol. The largest absolute Gasteiger partial charge is 0.337 e. The van der Waals surface area contributed by atoms with Crippen LogP contribution in [-0.4, -0.2) is 37.0 Å². The summed E-state index contributed by atoms with van der Waals surface area (Å²) in [6.07, 6.45) is 6.95. The number of aromatic nitrogens is 4. The number of likely N-dealkylation sites (tertiary alicyclic amines) is 1. The van der Waals surface area contributed by atoms with Crippen LogP contribution in [-0.2, 0) is 11.3 Å². The number of aryl methyl sites for hydroxylation is 2. The summed E-state index contributed by atoms with van der Waals surface area (Å²) >= 11 is 0. The van der Waals surface area contributed by atoms with Crippen molar-refractivity contribution in [2.24, 2.45) is 0 Å². The van der Waals surface area contributed by atoms with E-state index in [0.717, 1.165) is 38.2 Å². The Kier molecular flexibility index (Phi) is 4.97. The molecule has 0 spiro atoms. The molecule has 0 aromatic carbocycles. The third-order valence-corrected chi connectivity index (χ3v) is 4.55. The molecule has 130 valence electrons. The van der Waals surface area contributed by atoms with Crippen molar-refractivity contribution >= 4 is 5.91 Å². The molecular weight excluding hydrogens is 306 g/mol. The minimum Gasteiger partial charge on any atom is -0.337 e. The normalized spacial score (nSPS) is 17.8. The van der Waals surface area contributed by atoms with Gasteiger partial charge in [0.2, 0.25) is 11.8 Å². The zero-order valence-electron chi connectivity index (χ0n) is 14.6. The highest BCUT2D eigenvalue weighted by atomic mass is 16.5. The fourth-order valence-electron chi connectivity index (χ4n) is 3.12. The minimum absolute atomic E-state index is 0.0625. The summed E-state index contributed by atoms with van der Waals surface area (Å²) in [5, 5.41) is 4.03. The quantitative estimate of drug-likeness (QED) is 0.813. The number of carbonyl (C=O) groups is 1. The lowest BCUT2D eigenvalue weighted by Crippen LogP contribution is -2.30. The van der Waals surface area contributed by atoms with Crippen molar-refractivity contribution in [3.05, 3.63) is 29.9 Å². The Morgan fingerprint density at radius 2 is 2.29 bits per heavy atom. The number of amides is 1. The predicted octanol–water partition coefficient (Wildman–Crippen LogP) is 2.84. The smallest absolute Gasteiger partial charge is 0.249 e. The van der Waals surface area contributed by atoms with Crippen LogP contribution in [0.1, 0.15) is 69.0 Å². The van der Waals surface area contributed by atoms with E-state index in [4.69, 9.17) is 4.52 Å². The molecule has 1 unspecified atom stereocenters. The summed E-state index contributed by atoms with van der Waals surface area (Å²) in [5.74, 6) is 2.66. The summed E-state index contributed by atoms with van der Waals surface area (Å²) < 4.78 is 7.47. The molecule has 0 aliphatic carbocycles. The van der Waals surface area contributed by atoms with Gasteiger partial charge >= 0.3 is 0 Å². The lowest BCUT2D eigenvalue weighted by molar-refractivity contribution is -0.132. The molecule has 3 heterocycles. The fourth-order valence-corrected chi connectivity index (χ4v) is 3.12. The second kappa shape index (κ2) is 7.15. The van der Waals surface area contributed by atoms with Gasteiger partial charge in [0.15, 0.2) is 5.82 Å². The van der Waals surface area contributed by atoms with Crippen LogP contribution in [0, 0.1) is 6.92 Å². The number of hydrogen-bond donors (Lipinski definition) is 0. The molecule has 7 nitrogen and oxygen atoms in total. The molecule has 1 amide bonds. The Hall–Kier alpha value is -2.18. The van der Waals surface area contributed by atoms with E-state index in [1.807, 2.05) is 31.9 Å². The molecule has 3 rings (SSSR count). The van der Waals surface area contributed by atoms with Gasteiger partial charge in [0.05, 0.1) is 0 Å². The molecule has 0 radical (unpaired) electrons. The molecule has 1 aliphatic heterocycles. The van der Waals surface area contributed by atoms with E-state index < -0.39 is 0 Å². The Balaban J connectivity index is 1.58. The third kappa shape index (κ3) is 3.49. The molecular formula is C17H25N5O2. The Labute approximate surface area is 142 Å². The van der Waals surface area contributed by atoms with Crippen molar-refractivity contribution in [3.8, 4) is 0 Å². The lowest BCUT2D eigenvalue weighted by atomic mass is 10.2. The summed E-state index contributed by atoms with van der Waals surface area (Å²) in [7, 11) is 0. The zero-order chi connectivity index (χ0) is 17.1. The Bertz CT molecular complexity index is 691. The van der Waals surface area contributed by atoms with Crippen molar-refractivity contribution in [2.45, 2.75) is 65.0 Å². The van der Waals surface area contributed by atoms with E-state index in [9.17, 15) is 4.79 Å². The summed E-state index contributed by atoms with van der Waals surface area (Å²) in [6, 6.07) is -0.0625. The molecule has 7 heteroatoms. The highest BCUT2D eigenvalue weighted by molar-refractivity contribution is 5.76. The SMILES string of the molecule is Cc1nccn1CCCC(=O)N1CCCC1c1nc(C(C)C)no1. The lowest BCUT2D eigenvalue weighted by Gasteiger charge is -2.22. The van der Waals surface area contributed by atoms with E-state index >= 15 is 0 Å². The van der Waals surface area contributed by atoms with Crippen molar-refractivity contribution in [2.75, 3.05) is 6.54 Å². The summed E-state index contributed by atoms with van der Waals surface area (Å²) in [6.45, 7) is 7.62. The van der Waals surface area contributed by atoms with Crippen LogP contribution in [0.5, 0.6) is 0 Å². The first-order valence-electron chi connectivity index (χ1n) is 8.67. The molecule has 1 saturated heterocycles. The highest BCUT2D eigenvalue weighted by Crippen LogP contribution is 2.32. The molecule has 2 aromatic heterocycles. The molecule has 0 saturated carbocycles. The number of hydrogen-bond acceptors (Lipinski definition) is 5. The minimum atomic E-state index is -0.0625. The Morgan fingerprint density at radius 3 is 2.96 bits per heavy atom.